The first-order valence-electron chi connectivity index (χ1n) is 8.80. The lowest BCUT2D eigenvalue weighted by Crippen LogP contribution is -2.57. The second-order valence-corrected chi connectivity index (χ2v) is 7.32. The van der Waals surface area contributed by atoms with E-state index in [0.717, 1.165) is 12.3 Å². The number of rotatable bonds is 2. The lowest BCUT2D eigenvalue weighted by atomic mass is 9.77. The minimum atomic E-state index is 0.0727. The van der Waals surface area contributed by atoms with Gasteiger partial charge in [-0.3, -0.25) is 4.79 Å². The zero-order valence-corrected chi connectivity index (χ0v) is 12.9. The van der Waals surface area contributed by atoms with Crippen molar-refractivity contribution < 1.29 is 4.79 Å². The molecule has 0 aromatic heterocycles. The predicted molar refractivity (Wildman–Crippen MR) is 81.5 cm³/mol. The first-order valence-corrected chi connectivity index (χ1v) is 8.80. The number of fused-ring (bicyclic) bond motifs is 1. The van der Waals surface area contributed by atoms with Crippen molar-refractivity contribution in [3.05, 3.63) is 0 Å². The van der Waals surface area contributed by atoms with Crippen molar-refractivity contribution in [2.24, 2.45) is 11.8 Å². The van der Waals surface area contributed by atoms with Crippen LogP contribution in [-0.4, -0.2) is 24.0 Å². The van der Waals surface area contributed by atoms with Gasteiger partial charge in [0.2, 0.25) is 5.91 Å². The quantitative estimate of drug-likeness (QED) is 0.815. The maximum atomic E-state index is 12.5. The third-order valence-corrected chi connectivity index (χ3v) is 5.91. The Morgan fingerprint density at radius 3 is 2.55 bits per heavy atom. The van der Waals surface area contributed by atoms with Gasteiger partial charge in [-0.2, -0.15) is 0 Å². The molecule has 0 bridgehead atoms. The molecular formula is C17H30N2O. The van der Waals surface area contributed by atoms with E-state index in [0.29, 0.717) is 18.0 Å². The molecule has 3 rings (SSSR count). The SMILES string of the molecule is CC1CCCCC1NC(=O)C1CCC2CCCCC2N1. The molecule has 3 fully saturated rings. The fourth-order valence-corrected chi connectivity index (χ4v) is 4.52. The van der Waals surface area contributed by atoms with E-state index in [1.54, 1.807) is 0 Å². The number of carbonyl (C=O) groups is 1. The minimum absolute atomic E-state index is 0.0727. The van der Waals surface area contributed by atoms with Crippen molar-refractivity contribution in [3.8, 4) is 0 Å². The van der Waals surface area contributed by atoms with Gasteiger partial charge in [0.15, 0.2) is 0 Å². The third-order valence-electron chi connectivity index (χ3n) is 5.91. The molecule has 2 N–H and O–H groups in total. The van der Waals surface area contributed by atoms with Crippen molar-refractivity contribution in [2.75, 3.05) is 0 Å². The summed E-state index contributed by atoms with van der Waals surface area (Å²) in [6.07, 6.45) is 12.7. The molecule has 2 aliphatic carbocycles. The summed E-state index contributed by atoms with van der Waals surface area (Å²) in [6, 6.07) is 1.10. The van der Waals surface area contributed by atoms with Crippen molar-refractivity contribution in [1.29, 1.82) is 0 Å². The van der Waals surface area contributed by atoms with Gasteiger partial charge in [-0.1, -0.05) is 32.6 Å². The molecule has 0 radical (unpaired) electrons. The number of amides is 1. The van der Waals surface area contributed by atoms with E-state index in [4.69, 9.17) is 0 Å². The summed E-state index contributed by atoms with van der Waals surface area (Å²) in [6.45, 7) is 2.29. The van der Waals surface area contributed by atoms with Crippen molar-refractivity contribution >= 4 is 5.91 Å². The van der Waals surface area contributed by atoms with Crippen LogP contribution in [0.3, 0.4) is 0 Å². The number of hydrogen-bond acceptors (Lipinski definition) is 2. The number of carbonyl (C=O) groups excluding carboxylic acids is 1. The largest absolute Gasteiger partial charge is 0.352 e. The van der Waals surface area contributed by atoms with Gasteiger partial charge in [0, 0.05) is 12.1 Å². The predicted octanol–water partition coefficient (Wildman–Crippen LogP) is 2.99. The van der Waals surface area contributed by atoms with Gasteiger partial charge < -0.3 is 10.6 Å². The van der Waals surface area contributed by atoms with Crippen LogP contribution in [0.2, 0.25) is 0 Å². The fraction of sp³-hybridized carbons (Fsp3) is 0.941. The minimum Gasteiger partial charge on any atom is -0.352 e. The van der Waals surface area contributed by atoms with Crippen LogP contribution >= 0.6 is 0 Å². The lowest BCUT2D eigenvalue weighted by Gasteiger charge is -2.40. The Bertz CT molecular complexity index is 344. The first-order chi connectivity index (χ1) is 9.74. The van der Waals surface area contributed by atoms with Gasteiger partial charge in [0.25, 0.3) is 0 Å². The van der Waals surface area contributed by atoms with Gasteiger partial charge in [-0.05, 0) is 50.4 Å². The van der Waals surface area contributed by atoms with Gasteiger partial charge in [-0.15, -0.1) is 0 Å². The summed E-state index contributed by atoms with van der Waals surface area (Å²) < 4.78 is 0. The molecule has 5 atom stereocenters. The zero-order valence-electron chi connectivity index (χ0n) is 12.9. The van der Waals surface area contributed by atoms with Crippen LogP contribution in [0.25, 0.3) is 0 Å². The van der Waals surface area contributed by atoms with Crippen LogP contribution in [0.15, 0.2) is 0 Å². The van der Waals surface area contributed by atoms with E-state index in [-0.39, 0.29) is 11.9 Å². The zero-order chi connectivity index (χ0) is 13.9. The number of piperidine rings is 1. The molecule has 3 aliphatic rings. The summed E-state index contributed by atoms with van der Waals surface area (Å²) in [5.74, 6) is 1.76. The molecule has 1 amide bonds. The Morgan fingerprint density at radius 2 is 1.70 bits per heavy atom. The highest BCUT2D eigenvalue weighted by molar-refractivity contribution is 5.82. The van der Waals surface area contributed by atoms with Crippen LogP contribution < -0.4 is 10.6 Å². The normalized spacial score (nSPS) is 41.8. The van der Waals surface area contributed by atoms with Crippen LogP contribution in [0.4, 0.5) is 0 Å². The molecule has 0 aromatic carbocycles. The van der Waals surface area contributed by atoms with Gasteiger partial charge >= 0.3 is 0 Å². The Labute approximate surface area is 123 Å². The Hall–Kier alpha value is -0.570. The molecular weight excluding hydrogens is 248 g/mol. The number of nitrogens with one attached hydrogen (secondary N) is 2. The highest BCUT2D eigenvalue weighted by Crippen LogP contribution is 2.32. The van der Waals surface area contributed by atoms with E-state index in [9.17, 15) is 4.79 Å². The Balaban J connectivity index is 1.52. The van der Waals surface area contributed by atoms with Gasteiger partial charge in [-0.25, -0.2) is 0 Å². The van der Waals surface area contributed by atoms with E-state index in [2.05, 4.69) is 17.6 Å². The molecule has 3 heteroatoms. The Kier molecular flexibility index (Phi) is 4.65. The lowest BCUT2D eigenvalue weighted by molar-refractivity contribution is -0.125. The van der Waals surface area contributed by atoms with E-state index >= 15 is 0 Å². The second-order valence-electron chi connectivity index (χ2n) is 7.32. The Morgan fingerprint density at radius 1 is 0.950 bits per heavy atom. The fourth-order valence-electron chi connectivity index (χ4n) is 4.52. The monoisotopic (exact) mass is 278 g/mol. The molecule has 1 heterocycles. The molecule has 0 aromatic rings. The first kappa shape index (κ1) is 14.4. The van der Waals surface area contributed by atoms with Crippen LogP contribution in [0.1, 0.15) is 71.1 Å². The molecule has 114 valence electrons. The van der Waals surface area contributed by atoms with Gasteiger partial charge in [0.1, 0.15) is 0 Å². The second kappa shape index (κ2) is 6.46. The molecule has 5 unspecified atom stereocenters. The smallest absolute Gasteiger partial charge is 0.237 e. The van der Waals surface area contributed by atoms with Crippen molar-refractivity contribution in [1.82, 2.24) is 10.6 Å². The molecule has 20 heavy (non-hydrogen) atoms. The molecule has 3 nitrogen and oxygen atoms in total. The average molecular weight is 278 g/mol. The van der Waals surface area contributed by atoms with Crippen LogP contribution in [-0.2, 0) is 4.79 Å². The van der Waals surface area contributed by atoms with Crippen LogP contribution in [0, 0.1) is 11.8 Å². The van der Waals surface area contributed by atoms with Crippen molar-refractivity contribution in [2.45, 2.75) is 89.3 Å². The maximum Gasteiger partial charge on any atom is 0.237 e. The average Bonchev–Trinajstić information content (AvgIpc) is 2.49. The molecule has 2 saturated carbocycles. The summed E-state index contributed by atoms with van der Waals surface area (Å²) in [5.41, 5.74) is 0. The van der Waals surface area contributed by atoms with Gasteiger partial charge in [0.05, 0.1) is 6.04 Å². The number of hydrogen-bond donors (Lipinski definition) is 2. The van der Waals surface area contributed by atoms with E-state index in [1.807, 2.05) is 0 Å². The third kappa shape index (κ3) is 3.19. The van der Waals surface area contributed by atoms with E-state index in [1.165, 1.54) is 57.8 Å². The van der Waals surface area contributed by atoms with Crippen molar-refractivity contribution in [3.63, 3.8) is 0 Å². The highest BCUT2D eigenvalue weighted by Gasteiger charge is 2.35. The standard InChI is InChI=1S/C17H30N2O/c1-12-6-2-4-8-14(12)19-17(20)16-11-10-13-7-3-5-9-15(13)18-16/h12-16,18H,2-11H2,1H3,(H,19,20). The summed E-state index contributed by atoms with van der Waals surface area (Å²) in [5, 5.41) is 6.98. The molecule has 1 aliphatic heterocycles. The maximum absolute atomic E-state index is 12.5. The van der Waals surface area contributed by atoms with Crippen LogP contribution in [0.5, 0.6) is 0 Å². The van der Waals surface area contributed by atoms with E-state index < -0.39 is 0 Å². The molecule has 1 saturated heterocycles. The summed E-state index contributed by atoms with van der Waals surface area (Å²) in [7, 11) is 0. The highest BCUT2D eigenvalue weighted by atomic mass is 16.2. The molecule has 0 spiro atoms. The topological polar surface area (TPSA) is 41.1 Å². The summed E-state index contributed by atoms with van der Waals surface area (Å²) >= 11 is 0. The summed E-state index contributed by atoms with van der Waals surface area (Å²) in [4.78, 5) is 12.5.